The van der Waals surface area contributed by atoms with Gasteiger partial charge in [0.2, 0.25) is 0 Å². The van der Waals surface area contributed by atoms with Gasteiger partial charge in [0.25, 0.3) is 0 Å². The molecule has 0 saturated carbocycles. The molecule has 228 valence electrons. The Bertz CT molecular complexity index is 1520. The molecule has 7 heteroatoms. The van der Waals surface area contributed by atoms with Crippen molar-refractivity contribution < 1.29 is 10.2 Å². The Morgan fingerprint density at radius 1 is 0.884 bits per heavy atom. The Labute approximate surface area is 261 Å². The van der Waals surface area contributed by atoms with Crippen LogP contribution in [0, 0.1) is 28.1 Å². The minimum Gasteiger partial charge on any atom is -0.393 e. The highest BCUT2D eigenvalue weighted by atomic mass is 35.5. The van der Waals surface area contributed by atoms with Crippen molar-refractivity contribution in [2.75, 3.05) is 4.90 Å². The topological polar surface area (TPSA) is 94.5 Å². The molecule has 4 aliphatic heterocycles. The Morgan fingerprint density at radius 2 is 1.44 bits per heavy atom. The normalized spacial score (nSPS) is 43.8. The zero-order valence-corrected chi connectivity index (χ0v) is 27.2. The number of benzene rings is 1. The molecule has 8 unspecified atom stereocenters. The van der Waals surface area contributed by atoms with Crippen molar-refractivity contribution in [2.24, 2.45) is 5.41 Å². The van der Waals surface area contributed by atoms with Crippen molar-refractivity contribution >= 4 is 17.3 Å². The molecule has 1 aromatic rings. The summed E-state index contributed by atoms with van der Waals surface area (Å²) in [6, 6.07) is 10.4. The molecule has 4 bridgehead atoms. The molecule has 2 N–H and O–H groups in total. The first kappa shape index (κ1) is 29.4. The van der Waals surface area contributed by atoms with E-state index >= 15 is 0 Å². The lowest BCUT2D eigenvalue weighted by Crippen LogP contribution is -2.63. The van der Waals surface area contributed by atoms with Gasteiger partial charge in [-0.1, -0.05) is 25.4 Å². The number of aliphatic hydroxyl groups excluding tert-OH is 1. The average molecular weight is 601 g/mol. The predicted molar refractivity (Wildman–Crippen MR) is 169 cm³/mol. The Morgan fingerprint density at radius 3 is 2.00 bits per heavy atom. The molecule has 1 aromatic carbocycles. The van der Waals surface area contributed by atoms with E-state index < -0.39 is 16.6 Å². The number of aliphatic hydroxyl groups is 2. The van der Waals surface area contributed by atoms with E-state index in [9.17, 15) is 20.7 Å². The summed E-state index contributed by atoms with van der Waals surface area (Å²) in [5.41, 5.74) is 5.27. The molecule has 7 rings (SSSR count). The third-order valence-electron chi connectivity index (χ3n) is 12.7. The van der Waals surface area contributed by atoms with Crippen LogP contribution in [0.1, 0.15) is 121 Å². The van der Waals surface area contributed by atoms with Crippen LogP contribution in [0.5, 0.6) is 0 Å². The number of allylic oxidation sites excluding steroid dienone is 2. The summed E-state index contributed by atoms with van der Waals surface area (Å²) in [6.07, 6.45) is 7.00. The Hall–Kier alpha value is -2.35. The largest absolute Gasteiger partial charge is 0.393 e. The zero-order valence-electron chi connectivity index (χ0n) is 26.4. The fourth-order valence-corrected chi connectivity index (χ4v) is 11.4. The summed E-state index contributed by atoms with van der Waals surface area (Å²) in [5, 5.41) is 43.7. The molecule has 0 spiro atoms. The van der Waals surface area contributed by atoms with Crippen LogP contribution in [0.2, 0.25) is 0 Å². The maximum Gasteiger partial charge on any atom is 0.112 e. The van der Waals surface area contributed by atoms with E-state index in [2.05, 4.69) is 55.7 Å². The highest BCUT2D eigenvalue weighted by molar-refractivity contribution is 6.31. The lowest BCUT2D eigenvalue weighted by molar-refractivity contribution is -0.0621. The van der Waals surface area contributed by atoms with Gasteiger partial charge in [0.05, 0.1) is 34.9 Å². The van der Waals surface area contributed by atoms with Gasteiger partial charge in [-0.3, -0.25) is 4.90 Å². The minimum absolute atomic E-state index is 0.0463. The number of anilines is 1. The molecular formula is C36H45ClN4O2. The average Bonchev–Trinajstić information content (AvgIpc) is 3.41. The maximum absolute atomic E-state index is 11.2. The van der Waals surface area contributed by atoms with Crippen molar-refractivity contribution in [3.63, 3.8) is 0 Å². The number of hydrogen-bond acceptors (Lipinski definition) is 6. The van der Waals surface area contributed by atoms with E-state index in [4.69, 9.17) is 11.6 Å². The van der Waals surface area contributed by atoms with Gasteiger partial charge in [0.15, 0.2) is 0 Å². The van der Waals surface area contributed by atoms with Crippen LogP contribution >= 0.6 is 11.6 Å². The number of rotatable bonds is 2. The molecule has 4 heterocycles. The van der Waals surface area contributed by atoms with E-state index in [1.165, 1.54) is 16.8 Å². The van der Waals surface area contributed by atoms with Crippen LogP contribution in [-0.2, 0) is 0 Å². The SMILES string of the molecule is CC1=C(Cl)C(C)(C#N)C2=C(C(C)c3c(N4C5CCC4CC(O)C5)ccc(C#N)c3C2C)C1(C)N1C2CCC1CC(C)(O)C2. The molecule has 4 saturated heterocycles. The first-order valence-electron chi connectivity index (χ1n) is 16.4. The van der Waals surface area contributed by atoms with Crippen LogP contribution in [0.4, 0.5) is 5.69 Å². The van der Waals surface area contributed by atoms with Crippen LogP contribution < -0.4 is 4.90 Å². The van der Waals surface area contributed by atoms with E-state index in [-0.39, 0.29) is 30.0 Å². The number of piperidine rings is 2. The van der Waals surface area contributed by atoms with Crippen LogP contribution in [0.15, 0.2) is 33.9 Å². The van der Waals surface area contributed by atoms with Crippen molar-refractivity contribution in [1.29, 1.82) is 10.5 Å². The van der Waals surface area contributed by atoms with Crippen molar-refractivity contribution in [2.45, 2.75) is 146 Å². The molecule has 6 aliphatic rings. The van der Waals surface area contributed by atoms with Crippen LogP contribution in [0.3, 0.4) is 0 Å². The second kappa shape index (κ2) is 9.58. The maximum atomic E-state index is 11.2. The first-order valence-corrected chi connectivity index (χ1v) is 16.7. The number of halogens is 1. The van der Waals surface area contributed by atoms with Gasteiger partial charge in [0, 0.05) is 46.7 Å². The first-order chi connectivity index (χ1) is 20.3. The minimum atomic E-state index is -0.997. The fraction of sp³-hybridized carbons (Fsp3) is 0.667. The summed E-state index contributed by atoms with van der Waals surface area (Å²) in [6.45, 7) is 12.9. The van der Waals surface area contributed by atoms with Gasteiger partial charge in [-0.15, -0.1) is 0 Å². The van der Waals surface area contributed by atoms with Gasteiger partial charge in [-0.2, -0.15) is 10.5 Å². The van der Waals surface area contributed by atoms with Gasteiger partial charge in [-0.25, -0.2) is 0 Å². The molecule has 0 aromatic heterocycles. The van der Waals surface area contributed by atoms with Crippen LogP contribution in [0.25, 0.3) is 0 Å². The second-order valence-corrected chi connectivity index (χ2v) is 15.6. The highest BCUT2D eigenvalue weighted by Gasteiger charge is 2.60. The number of fused-ring (bicyclic) bond motifs is 5. The third kappa shape index (κ3) is 3.80. The number of hydrogen-bond donors (Lipinski definition) is 2. The molecule has 8 atom stereocenters. The highest BCUT2D eigenvalue weighted by Crippen LogP contribution is 2.65. The smallest absolute Gasteiger partial charge is 0.112 e. The predicted octanol–water partition coefficient (Wildman–Crippen LogP) is 6.76. The van der Waals surface area contributed by atoms with Gasteiger partial charge < -0.3 is 15.1 Å². The Balaban J connectivity index is 1.48. The van der Waals surface area contributed by atoms with Crippen molar-refractivity contribution in [1.82, 2.24) is 4.90 Å². The van der Waals surface area contributed by atoms with Crippen molar-refractivity contribution in [3.05, 3.63) is 50.6 Å². The lowest BCUT2D eigenvalue weighted by Gasteiger charge is -2.59. The standard InChI is InChI=1S/C36H45ClN4O2/c1-19-29-22(17-38)7-12-28(40-23-8-9-24(40)14-27(42)13-23)30(29)20(2)32-31(19)35(5,18-39)33(37)21(3)36(32,6)41-25-10-11-26(41)16-34(4,43)15-25/h7,12,19-20,23-27,42-43H,8-11,13-16H2,1-6H3. The van der Waals surface area contributed by atoms with E-state index in [0.717, 1.165) is 68.1 Å². The van der Waals surface area contributed by atoms with Gasteiger partial charge in [0.1, 0.15) is 5.41 Å². The Kier molecular flexibility index (Phi) is 6.54. The third-order valence-corrected chi connectivity index (χ3v) is 13.3. The van der Waals surface area contributed by atoms with Crippen molar-refractivity contribution in [3.8, 4) is 12.1 Å². The lowest BCUT2D eigenvalue weighted by atomic mass is 9.55. The fourth-order valence-electron chi connectivity index (χ4n) is 11.1. The monoisotopic (exact) mass is 600 g/mol. The number of nitrogens with zero attached hydrogens (tertiary/aromatic N) is 4. The molecule has 0 radical (unpaired) electrons. The molecule has 43 heavy (non-hydrogen) atoms. The van der Waals surface area contributed by atoms with Gasteiger partial charge in [-0.05, 0) is 119 Å². The van der Waals surface area contributed by atoms with E-state index in [1.54, 1.807) is 0 Å². The summed E-state index contributed by atoms with van der Waals surface area (Å²) < 4.78 is 0. The molecule has 4 fully saturated rings. The number of nitriles is 2. The second-order valence-electron chi connectivity index (χ2n) is 15.2. The summed E-state index contributed by atoms with van der Waals surface area (Å²) in [5.74, 6) is -0.213. The molecule has 0 amide bonds. The van der Waals surface area contributed by atoms with Crippen LogP contribution in [-0.4, -0.2) is 56.5 Å². The summed E-state index contributed by atoms with van der Waals surface area (Å²) in [4.78, 5) is 5.24. The van der Waals surface area contributed by atoms with Gasteiger partial charge >= 0.3 is 0 Å². The van der Waals surface area contributed by atoms with E-state index in [0.29, 0.717) is 22.7 Å². The molecule has 2 aliphatic carbocycles. The quantitative estimate of drug-likeness (QED) is 0.364. The summed E-state index contributed by atoms with van der Waals surface area (Å²) in [7, 11) is 0. The zero-order chi connectivity index (χ0) is 30.8. The molecule has 6 nitrogen and oxygen atoms in total. The molecular weight excluding hydrogens is 556 g/mol. The van der Waals surface area contributed by atoms with E-state index in [1.807, 2.05) is 19.9 Å². The summed E-state index contributed by atoms with van der Waals surface area (Å²) >= 11 is 7.35.